The number of hydrogen-bond acceptors (Lipinski definition) is 6. The summed E-state index contributed by atoms with van der Waals surface area (Å²) in [7, 11) is -0.551. The predicted molar refractivity (Wildman–Crippen MR) is 164 cm³/mol. The van der Waals surface area contributed by atoms with Gasteiger partial charge in [-0.15, -0.1) is 0 Å². The van der Waals surface area contributed by atoms with E-state index in [0.29, 0.717) is 49.2 Å². The van der Waals surface area contributed by atoms with Crippen LogP contribution < -0.4 is 10.0 Å². The van der Waals surface area contributed by atoms with E-state index in [9.17, 15) is 26.4 Å². The molecule has 10 nitrogen and oxygen atoms in total. The van der Waals surface area contributed by atoms with Crippen molar-refractivity contribution in [3.63, 3.8) is 0 Å². The van der Waals surface area contributed by atoms with Gasteiger partial charge in [-0.3, -0.25) is 4.72 Å². The quantitative estimate of drug-likeness (QED) is 0.358. The van der Waals surface area contributed by atoms with Gasteiger partial charge in [-0.1, -0.05) is 0 Å². The number of halogens is 4. The van der Waals surface area contributed by atoms with Gasteiger partial charge in [0.15, 0.2) is 11.6 Å². The summed E-state index contributed by atoms with van der Waals surface area (Å²) in [6, 6.07) is 6.00. The molecule has 2 aromatic rings. The van der Waals surface area contributed by atoms with Crippen molar-refractivity contribution < 1.29 is 31.1 Å². The molecular weight excluding hydrogens is 688 g/mol. The highest BCUT2D eigenvalue weighted by molar-refractivity contribution is 14.1. The Kier molecular flexibility index (Phi) is 11.2. The maximum absolute atomic E-state index is 14.8. The molecule has 0 unspecified atom stereocenters. The first kappa shape index (κ1) is 32.6. The monoisotopic (exact) mass is 724 g/mol. The Balaban J connectivity index is 1.41. The summed E-state index contributed by atoms with van der Waals surface area (Å²) in [5.74, 6) is -3.18. The van der Waals surface area contributed by atoms with Gasteiger partial charge in [0.2, 0.25) is 0 Å². The summed E-state index contributed by atoms with van der Waals surface area (Å²) in [5.41, 5.74) is -0.910. The second kappa shape index (κ2) is 14.4. The molecule has 0 aliphatic carbocycles. The van der Waals surface area contributed by atoms with E-state index in [1.165, 1.54) is 16.4 Å². The molecule has 2 amide bonds. The lowest BCUT2D eigenvalue weighted by Crippen LogP contribution is -2.53. The van der Waals surface area contributed by atoms with Gasteiger partial charge in [-0.05, 0) is 78.7 Å². The Hall–Kier alpha value is -2.34. The standard InChI is InChI=1S/C27H36F3IN6O4S/c1-34-11-13-35(14-12-34)27(38)36(15-16-41-2)18-19-7-9-37(10-8-19)42(39,40)33-24-6-4-21(28)25(30)26(24)32-23-5-3-20(31)17-22(23)29/h3-6,17,19,32-33H,7-16,18H2,1-2H3. The number of hydrogen-bond donors (Lipinski definition) is 2. The smallest absolute Gasteiger partial charge is 0.320 e. The van der Waals surface area contributed by atoms with E-state index < -0.39 is 33.3 Å². The number of likely N-dealkylation sites (N-methyl/N-ethyl adjacent to an activating group) is 1. The van der Waals surface area contributed by atoms with E-state index in [-0.39, 0.29) is 36.4 Å². The van der Waals surface area contributed by atoms with Crippen molar-refractivity contribution in [2.45, 2.75) is 12.8 Å². The molecule has 0 radical (unpaired) electrons. The van der Waals surface area contributed by atoms with Gasteiger partial charge in [0.25, 0.3) is 0 Å². The van der Waals surface area contributed by atoms with Crippen molar-refractivity contribution in [3.8, 4) is 0 Å². The highest BCUT2D eigenvalue weighted by Gasteiger charge is 2.32. The fourth-order valence-corrected chi connectivity index (χ4v) is 6.72. The molecule has 0 aromatic heterocycles. The maximum atomic E-state index is 14.8. The first-order valence-corrected chi connectivity index (χ1v) is 16.2. The molecule has 2 N–H and O–H groups in total. The zero-order chi connectivity index (χ0) is 30.4. The molecule has 0 atom stereocenters. The third-order valence-corrected chi connectivity index (χ3v) is 9.72. The summed E-state index contributed by atoms with van der Waals surface area (Å²) in [4.78, 5) is 19.0. The number of piperazine rings is 1. The molecular formula is C27H36F3IN6O4S. The van der Waals surface area contributed by atoms with Gasteiger partial charge >= 0.3 is 16.2 Å². The Morgan fingerprint density at radius 3 is 2.33 bits per heavy atom. The molecule has 2 aliphatic heterocycles. The normalized spacial score (nSPS) is 17.3. The summed E-state index contributed by atoms with van der Waals surface area (Å²) >= 11 is 1.91. The number of nitrogens with one attached hydrogen (secondary N) is 2. The van der Waals surface area contributed by atoms with Gasteiger partial charge in [0.1, 0.15) is 11.5 Å². The van der Waals surface area contributed by atoms with E-state index >= 15 is 0 Å². The molecule has 2 aromatic carbocycles. The van der Waals surface area contributed by atoms with Crippen LogP contribution in [0.25, 0.3) is 0 Å². The number of ether oxygens (including phenoxy) is 1. The van der Waals surface area contributed by atoms with E-state index in [4.69, 9.17) is 4.74 Å². The highest BCUT2D eigenvalue weighted by Crippen LogP contribution is 2.33. The number of amides is 2. The predicted octanol–water partition coefficient (Wildman–Crippen LogP) is 4.14. The average molecular weight is 725 g/mol. The van der Waals surface area contributed by atoms with Crippen molar-refractivity contribution >= 4 is 55.9 Å². The topological polar surface area (TPSA) is 97.5 Å². The third-order valence-electron chi connectivity index (χ3n) is 7.53. The van der Waals surface area contributed by atoms with E-state index in [1.54, 1.807) is 18.1 Å². The fourth-order valence-electron chi connectivity index (χ4n) is 5.00. The Morgan fingerprint density at radius 1 is 1.02 bits per heavy atom. The Morgan fingerprint density at radius 2 is 1.69 bits per heavy atom. The van der Waals surface area contributed by atoms with Gasteiger partial charge in [-0.25, -0.2) is 18.0 Å². The van der Waals surface area contributed by atoms with Crippen LogP contribution >= 0.6 is 22.6 Å². The maximum Gasteiger partial charge on any atom is 0.320 e. The van der Waals surface area contributed by atoms with Gasteiger partial charge in [0, 0.05) is 63.0 Å². The second-order valence-corrected chi connectivity index (χ2v) is 13.4. The average Bonchev–Trinajstić information content (AvgIpc) is 2.96. The molecule has 15 heteroatoms. The molecule has 232 valence electrons. The van der Waals surface area contributed by atoms with Crippen LogP contribution in [0.15, 0.2) is 30.3 Å². The number of benzene rings is 2. The van der Waals surface area contributed by atoms with Crippen LogP contribution in [0.2, 0.25) is 0 Å². The molecule has 2 saturated heterocycles. The number of carbonyl (C=O) groups excluding carboxylic acids is 1. The van der Waals surface area contributed by atoms with E-state index in [1.807, 2.05) is 34.5 Å². The minimum atomic E-state index is -4.16. The number of rotatable bonds is 10. The van der Waals surface area contributed by atoms with Gasteiger partial charge in [-0.2, -0.15) is 12.7 Å². The summed E-state index contributed by atoms with van der Waals surface area (Å²) < 4.78 is 79.3. The second-order valence-electron chi connectivity index (χ2n) is 10.5. The van der Waals surface area contributed by atoms with Crippen LogP contribution in [-0.4, -0.2) is 107 Å². The zero-order valence-electron chi connectivity index (χ0n) is 23.6. The van der Waals surface area contributed by atoms with Crippen LogP contribution in [0, 0.1) is 26.9 Å². The lowest BCUT2D eigenvalue weighted by Gasteiger charge is -2.38. The van der Waals surface area contributed by atoms with Crippen LogP contribution in [0.5, 0.6) is 0 Å². The van der Waals surface area contributed by atoms with Gasteiger partial charge < -0.3 is 24.8 Å². The molecule has 2 fully saturated rings. The lowest BCUT2D eigenvalue weighted by atomic mass is 9.97. The molecule has 2 heterocycles. The van der Waals surface area contributed by atoms with Gasteiger partial charge in [0.05, 0.1) is 18.0 Å². The fraction of sp³-hybridized carbons (Fsp3) is 0.519. The minimum Gasteiger partial charge on any atom is -0.383 e. The number of piperidine rings is 1. The van der Waals surface area contributed by atoms with Crippen molar-refractivity contribution in [2.75, 3.05) is 83.2 Å². The molecule has 2 aliphatic rings. The number of nitrogens with zero attached hydrogens (tertiary/aromatic N) is 4. The highest BCUT2D eigenvalue weighted by atomic mass is 127. The zero-order valence-corrected chi connectivity index (χ0v) is 26.6. The van der Waals surface area contributed by atoms with Crippen molar-refractivity contribution in [3.05, 3.63) is 51.4 Å². The SMILES string of the molecule is COCCN(CC1CCN(S(=O)(=O)Nc2ccc(F)c(F)c2Nc2ccc(I)cc2F)CC1)C(=O)N1CCN(C)CC1. The largest absolute Gasteiger partial charge is 0.383 e. The van der Waals surface area contributed by atoms with Crippen molar-refractivity contribution in [2.24, 2.45) is 5.92 Å². The third kappa shape index (κ3) is 8.18. The first-order valence-electron chi connectivity index (χ1n) is 13.7. The van der Waals surface area contributed by atoms with Crippen LogP contribution in [0.3, 0.4) is 0 Å². The Bertz CT molecular complexity index is 1360. The summed E-state index contributed by atoms with van der Waals surface area (Å²) in [6.07, 6.45) is 1.02. The number of carbonyl (C=O) groups is 1. The number of urea groups is 1. The van der Waals surface area contributed by atoms with Crippen molar-refractivity contribution in [1.29, 1.82) is 0 Å². The molecule has 0 spiro atoms. The number of anilines is 3. The van der Waals surface area contributed by atoms with E-state index in [2.05, 4.69) is 14.9 Å². The first-order chi connectivity index (χ1) is 20.0. The minimum absolute atomic E-state index is 0.0419. The van der Waals surface area contributed by atoms with Crippen LogP contribution in [-0.2, 0) is 14.9 Å². The number of methoxy groups -OCH3 is 1. The molecule has 0 saturated carbocycles. The Labute approximate surface area is 258 Å². The van der Waals surface area contributed by atoms with E-state index in [0.717, 1.165) is 25.2 Å². The summed E-state index contributed by atoms with van der Waals surface area (Å²) in [5, 5.41) is 2.49. The van der Waals surface area contributed by atoms with Crippen molar-refractivity contribution in [1.82, 2.24) is 19.0 Å². The molecule has 42 heavy (non-hydrogen) atoms. The summed E-state index contributed by atoms with van der Waals surface area (Å²) in [6.45, 7) is 4.59. The van der Waals surface area contributed by atoms with Crippen LogP contribution in [0.1, 0.15) is 12.8 Å². The lowest BCUT2D eigenvalue weighted by molar-refractivity contribution is 0.0947. The molecule has 0 bridgehead atoms. The van der Waals surface area contributed by atoms with Crippen LogP contribution in [0.4, 0.5) is 35.0 Å². The molecule has 4 rings (SSSR count).